The maximum atomic E-state index is 11.1. The highest BCUT2D eigenvalue weighted by Gasteiger charge is 2.15. The highest BCUT2D eigenvalue weighted by molar-refractivity contribution is 5.78. The summed E-state index contributed by atoms with van der Waals surface area (Å²) in [6.45, 7) is 11.5. The lowest BCUT2D eigenvalue weighted by atomic mass is 10.2. The summed E-state index contributed by atoms with van der Waals surface area (Å²) in [6.07, 6.45) is 1.12. The number of hydroxylamine groups is 1. The van der Waals surface area contributed by atoms with E-state index >= 15 is 0 Å². The number of hydrogen-bond donors (Lipinski definition) is 2. The van der Waals surface area contributed by atoms with Crippen LogP contribution >= 0.6 is 0 Å². The van der Waals surface area contributed by atoms with Crippen molar-refractivity contribution in [3.63, 3.8) is 0 Å². The summed E-state index contributed by atoms with van der Waals surface area (Å²) in [6, 6.07) is 0. The molecule has 106 valence electrons. The van der Waals surface area contributed by atoms with E-state index in [1.807, 2.05) is 27.7 Å². The Bertz CT molecular complexity index is 258. The second kappa shape index (κ2) is 10.7. The van der Waals surface area contributed by atoms with Gasteiger partial charge in [0.1, 0.15) is 5.60 Å². The monoisotopic (exact) mass is 261 g/mol. The van der Waals surface area contributed by atoms with Crippen LogP contribution in [0.15, 0.2) is 12.7 Å². The van der Waals surface area contributed by atoms with E-state index in [0.717, 1.165) is 12.6 Å². The quantitative estimate of drug-likeness (QED) is 0.326. The molecule has 0 bridgehead atoms. The van der Waals surface area contributed by atoms with E-state index in [9.17, 15) is 9.59 Å². The van der Waals surface area contributed by atoms with Crippen LogP contribution in [-0.4, -0.2) is 35.8 Å². The maximum Gasteiger partial charge on any atom is 0.327 e. The second-order valence-corrected chi connectivity index (χ2v) is 4.23. The number of aliphatic carboxylic acids is 1. The maximum absolute atomic E-state index is 11.1. The normalized spacial score (nSPS) is 10.0. The molecule has 18 heavy (non-hydrogen) atoms. The van der Waals surface area contributed by atoms with Crippen molar-refractivity contribution < 1.29 is 24.3 Å². The average molecular weight is 261 g/mol. The molecule has 6 nitrogen and oxygen atoms in total. The molecule has 0 atom stereocenters. The smallest absolute Gasteiger partial charge is 0.327 e. The lowest BCUT2D eigenvalue weighted by Crippen LogP contribution is -2.25. The summed E-state index contributed by atoms with van der Waals surface area (Å²) in [5, 5.41) is 7.60. The minimum atomic E-state index is -0.981. The van der Waals surface area contributed by atoms with Crippen LogP contribution in [0.4, 0.5) is 0 Å². The molecule has 0 fully saturated rings. The third kappa shape index (κ3) is 20.1. The van der Waals surface area contributed by atoms with Gasteiger partial charge in [0, 0.05) is 12.6 Å². The van der Waals surface area contributed by atoms with Gasteiger partial charge in [0.15, 0.2) is 0 Å². The van der Waals surface area contributed by atoms with Crippen molar-refractivity contribution >= 4 is 11.9 Å². The van der Waals surface area contributed by atoms with Crippen LogP contribution < -0.4 is 5.48 Å². The lowest BCUT2D eigenvalue weighted by molar-refractivity contribution is -0.156. The number of carbonyl (C=O) groups excluding carboxylic acids is 1. The first-order chi connectivity index (χ1) is 8.22. The Balaban J connectivity index is 0. The van der Waals surface area contributed by atoms with Crippen molar-refractivity contribution in [1.29, 1.82) is 0 Å². The lowest BCUT2D eigenvalue weighted by Gasteiger charge is -2.19. The molecule has 0 radical (unpaired) electrons. The highest BCUT2D eigenvalue weighted by atomic mass is 16.6. The minimum Gasteiger partial charge on any atom is -0.478 e. The number of nitrogens with one attached hydrogen (secondary N) is 1. The zero-order chi connectivity index (χ0) is 14.6. The Labute approximate surface area is 108 Å². The van der Waals surface area contributed by atoms with Gasteiger partial charge in [-0.2, -0.15) is 0 Å². The number of ether oxygens (including phenoxy) is 1. The van der Waals surface area contributed by atoms with Crippen molar-refractivity contribution in [2.75, 3.05) is 13.2 Å². The second-order valence-electron chi connectivity index (χ2n) is 4.23. The number of hydrogen-bond acceptors (Lipinski definition) is 5. The van der Waals surface area contributed by atoms with E-state index in [-0.39, 0.29) is 12.4 Å². The fourth-order valence-electron chi connectivity index (χ4n) is 0.701. The van der Waals surface area contributed by atoms with Crippen molar-refractivity contribution in [1.82, 2.24) is 5.48 Å². The van der Waals surface area contributed by atoms with E-state index in [0.29, 0.717) is 6.61 Å². The molecular weight excluding hydrogens is 238 g/mol. The highest BCUT2D eigenvalue weighted by Crippen LogP contribution is 2.07. The zero-order valence-corrected chi connectivity index (χ0v) is 11.5. The van der Waals surface area contributed by atoms with Gasteiger partial charge < -0.3 is 14.7 Å². The molecular formula is C12H23NO5. The number of rotatable bonds is 6. The zero-order valence-electron chi connectivity index (χ0n) is 11.5. The molecule has 0 aliphatic rings. The Morgan fingerprint density at radius 1 is 1.39 bits per heavy atom. The molecule has 0 saturated heterocycles. The fourth-order valence-corrected chi connectivity index (χ4v) is 0.701. The van der Waals surface area contributed by atoms with Crippen LogP contribution in [0.2, 0.25) is 0 Å². The average Bonchev–Trinajstić information content (AvgIpc) is 2.23. The Hall–Kier alpha value is -1.40. The molecule has 0 amide bonds. The molecule has 0 saturated carbocycles. The van der Waals surface area contributed by atoms with Crippen LogP contribution in [0.5, 0.6) is 0 Å². The van der Waals surface area contributed by atoms with Gasteiger partial charge in [0.25, 0.3) is 0 Å². The van der Waals surface area contributed by atoms with Gasteiger partial charge in [-0.05, 0) is 20.8 Å². The van der Waals surface area contributed by atoms with Gasteiger partial charge in [-0.15, -0.1) is 0 Å². The standard InChI is InChI=1S/C9H19NO3.C3H4O2/c1-5-10-12-7-6-8(11)13-9(2,3)4;1-2-3(4)5/h10H,5-7H2,1-4H3;2H,1H2,(H,4,5). The molecule has 0 unspecified atom stereocenters. The first-order valence-corrected chi connectivity index (χ1v) is 5.64. The van der Waals surface area contributed by atoms with Gasteiger partial charge in [-0.1, -0.05) is 13.5 Å². The van der Waals surface area contributed by atoms with Gasteiger partial charge in [0.2, 0.25) is 0 Å². The molecule has 6 heteroatoms. The Morgan fingerprint density at radius 2 is 1.89 bits per heavy atom. The fraction of sp³-hybridized carbons (Fsp3) is 0.667. The molecule has 0 aromatic rings. The van der Waals surface area contributed by atoms with Crippen LogP contribution in [0, 0.1) is 0 Å². The third-order valence-corrected chi connectivity index (χ3v) is 1.25. The SMILES string of the molecule is C=CC(=O)O.CCNOCCC(=O)OC(C)(C)C. The van der Waals surface area contributed by atoms with E-state index in [1.165, 1.54) is 0 Å². The van der Waals surface area contributed by atoms with E-state index < -0.39 is 11.6 Å². The van der Waals surface area contributed by atoms with Crippen LogP contribution in [-0.2, 0) is 19.2 Å². The summed E-state index contributed by atoms with van der Waals surface area (Å²) in [5.74, 6) is -1.21. The van der Waals surface area contributed by atoms with Gasteiger partial charge >= 0.3 is 11.9 Å². The van der Waals surface area contributed by atoms with Gasteiger partial charge in [0.05, 0.1) is 13.0 Å². The van der Waals surface area contributed by atoms with Crippen molar-refractivity contribution in [2.24, 2.45) is 0 Å². The summed E-state index contributed by atoms with van der Waals surface area (Å²) in [7, 11) is 0. The van der Waals surface area contributed by atoms with Crippen LogP contribution in [0.25, 0.3) is 0 Å². The minimum absolute atomic E-state index is 0.231. The van der Waals surface area contributed by atoms with Gasteiger partial charge in [-0.3, -0.25) is 4.79 Å². The van der Waals surface area contributed by atoms with E-state index in [2.05, 4.69) is 12.1 Å². The predicted octanol–water partition coefficient (Wildman–Crippen LogP) is 1.52. The summed E-state index contributed by atoms with van der Waals surface area (Å²) < 4.78 is 5.07. The third-order valence-electron chi connectivity index (χ3n) is 1.25. The molecule has 0 aliphatic carbocycles. The first kappa shape index (κ1) is 19.0. The molecule has 0 aliphatic heterocycles. The largest absolute Gasteiger partial charge is 0.478 e. The van der Waals surface area contributed by atoms with E-state index in [1.54, 1.807) is 0 Å². The number of carbonyl (C=O) groups is 2. The van der Waals surface area contributed by atoms with Crippen molar-refractivity contribution in [3.05, 3.63) is 12.7 Å². The summed E-state index contributed by atoms with van der Waals surface area (Å²) in [4.78, 5) is 25.3. The van der Waals surface area contributed by atoms with Crippen molar-refractivity contribution in [3.8, 4) is 0 Å². The molecule has 2 N–H and O–H groups in total. The Morgan fingerprint density at radius 3 is 2.22 bits per heavy atom. The summed E-state index contributed by atoms with van der Waals surface area (Å²) >= 11 is 0. The molecule has 0 rings (SSSR count). The Kier molecular flexibility index (Phi) is 11.3. The number of esters is 1. The van der Waals surface area contributed by atoms with E-state index in [4.69, 9.17) is 14.7 Å². The first-order valence-electron chi connectivity index (χ1n) is 5.64. The number of carboxylic acid groups (broad SMARTS) is 1. The molecule has 0 aromatic heterocycles. The van der Waals surface area contributed by atoms with Crippen LogP contribution in [0.1, 0.15) is 34.1 Å². The topological polar surface area (TPSA) is 84.9 Å². The predicted molar refractivity (Wildman–Crippen MR) is 67.9 cm³/mol. The van der Waals surface area contributed by atoms with Crippen LogP contribution in [0.3, 0.4) is 0 Å². The molecule has 0 aromatic carbocycles. The van der Waals surface area contributed by atoms with Gasteiger partial charge in [-0.25, -0.2) is 10.3 Å². The molecule has 0 heterocycles. The summed E-state index contributed by atoms with van der Waals surface area (Å²) in [5.41, 5.74) is 2.25. The van der Waals surface area contributed by atoms with Crippen molar-refractivity contribution in [2.45, 2.75) is 39.7 Å². The molecule has 0 spiro atoms. The number of carboxylic acids is 1.